The fourth-order valence-electron chi connectivity index (χ4n) is 1.14. The standard InChI is InChI=1S/C9H10BrN3S/c1-13(2)12-9-11-7-5-6(10)3-4-8(7)14-9/h3-5H,1-2H3,(H,11,12). The van der Waals surface area contributed by atoms with Gasteiger partial charge in [-0.05, 0) is 18.2 Å². The van der Waals surface area contributed by atoms with Crippen LogP contribution in [0.15, 0.2) is 22.7 Å². The van der Waals surface area contributed by atoms with E-state index in [4.69, 9.17) is 0 Å². The molecule has 2 rings (SSSR count). The molecule has 0 aliphatic rings. The average molecular weight is 272 g/mol. The molecule has 74 valence electrons. The average Bonchev–Trinajstić information content (AvgIpc) is 2.44. The Morgan fingerprint density at radius 3 is 2.93 bits per heavy atom. The molecule has 0 unspecified atom stereocenters. The van der Waals surface area contributed by atoms with Gasteiger partial charge < -0.3 is 0 Å². The highest BCUT2D eigenvalue weighted by Crippen LogP contribution is 2.27. The predicted octanol–water partition coefficient (Wildman–Crippen LogP) is 2.95. The van der Waals surface area contributed by atoms with E-state index in [0.29, 0.717) is 0 Å². The van der Waals surface area contributed by atoms with Gasteiger partial charge in [0.2, 0.25) is 0 Å². The van der Waals surface area contributed by atoms with Crippen LogP contribution in [0, 0.1) is 0 Å². The molecule has 0 atom stereocenters. The van der Waals surface area contributed by atoms with E-state index in [1.54, 1.807) is 11.3 Å². The summed E-state index contributed by atoms with van der Waals surface area (Å²) in [7, 11) is 3.89. The van der Waals surface area contributed by atoms with E-state index in [2.05, 4.69) is 32.4 Å². The van der Waals surface area contributed by atoms with Crippen molar-refractivity contribution >= 4 is 42.6 Å². The monoisotopic (exact) mass is 271 g/mol. The normalized spacial score (nSPS) is 11.1. The Morgan fingerprint density at radius 1 is 1.43 bits per heavy atom. The molecule has 14 heavy (non-hydrogen) atoms. The Kier molecular flexibility index (Phi) is 2.71. The van der Waals surface area contributed by atoms with Crippen LogP contribution in [-0.2, 0) is 0 Å². The Balaban J connectivity index is 2.41. The van der Waals surface area contributed by atoms with Crippen molar-refractivity contribution in [2.24, 2.45) is 0 Å². The summed E-state index contributed by atoms with van der Waals surface area (Å²) < 4.78 is 2.25. The van der Waals surface area contributed by atoms with Gasteiger partial charge in [0.25, 0.3) is 0 Å². The van der Waals surface area contributed by atoms with Gasteiger partial charge in [-0.25, -0.2) is 9.99 Å². The van der Waals surface area contributed by atoms with E-state index in [1.165, 1.54) is 4.70 Å². The molecule has 1 aromatic heterocycles. The maximum absolute atomic E-state index is 4.45. The van der Waals surface area contributed by atoms with Crippen LogP contribution in [0.4, 0.5) is 5.13 Å². The molecule has 0 spiro atoms. The summed E-state index contributed by atoms with van der Waals surface area (Å²) in [5, 5.41) is 2.80. The summed E-state index contributed by atoms with van der Waals surface area (Å²) in [4.78, 5) is 4.45. The van der Waals surface area contributed by atoms with Gasteiger partial charge in [-0.3, -0.25) is 5.43 Å². The summed E-state index contributed by atoms with van der Waals surface area (Å²) in [5.74, 6) is 0. The Bertz CT molecular complexity index is 452. The molecule has 0 saturated heterocycles. The number of nitrogens with zero attached hydrogens (tertiary/aromatic N) is 2. The first-order valence-corrected chi connectivity index (χ1v) is 5.76. The zero-order chi connectivity index (χ0) is 10.1. The van der Waals surface area contributed by atoms with Crippen LogP contribution in [0.25, 0.3) is 10.2 Å². The third kappa shape index (κ3) is 2.05. The highest BCUT2D eigenvalue weighted by atomic mass is 79.9. The zero-order valence-corrected chi connectivity index (χ0v) is 10.3. The molecule has 0 bridgehead atoms. The Hall–Kier alpha value is -0.650. The molecule has 5 heteroatoms. The molecule has 1 N–H and O–H groups in total. The van der Waals surface area contributed by atoms with Crippen molar-refractivity contribution in [3.8, 4) is 0 Å². The van der Waals surface area contributed by atoms with Crippen LogP contribution >= 0.6 is 27.3 Å². The number of halogens is 1. The lowest BCUT2D eigenvalue weighted by molar-refractivity contribution is 0.495. The molecule has 3 nitrogen and oxygen atoms in total. The van der Waals surface area contributed by atoms with Gasteiger partial charge >= 0.3 is 0 Å². The molecular weight excluding hydrogens is 262 g/mol. The molecule has 1 heterocycles. The van der Waals surface area contributed by atoms with E-state index in [1.807, 2.05) is 31.2 Å². The third-order valence-electron chi connectivity index (χ3n) is 1.67. The van der Waals surface area contributed by atoms with Gasteiger partial charge in [0.15, 0.2) is 5.13 Å². The number of aromatic nitrogens is 1. The van der Waals surface area contributed by atoms with Crippen molar-refractivity contribution in [1.29, 1.82) is 0 Å². The largest absolute Gasteiger partial charge is 0.295 e. The van der Waals surface area contributed by atoms with Gasteiger partial charge in [-0.15, -0.1) is 0 Å². The fraction of sp³-hybridized carbons (Fsp3) is 0.222. The van der Waals surface area contributed by atoms with Crippen LogP contribution in [0.2, 0.25) is 0 Å². The number of rotatable bonds is 2. The lowest BCUT2D eigenvalue weighted by atomic mass is 10.3. The smallest absolute Gasteiger partial charge is 0.198 e. The summed E-state index contributed by atoms with van der Waals surface area (Å²) in [6.07, 6.45) is 0. The number of nitrogens with one attached hydrogen (secondary N) is 1. The van der Waals surface area contributed by atoms with Gasteiger partial charge in [0.1, 0.15) is 0 Å². The van der Waals surface area contributed by atoms with Crippen LogP contribution in [-0.4, -0.2) is 24.1 Å². The predicted molar refractivity (Wildman–Crippen MR) is 64.6 cm³/mol. The third-order valence-corrected chi connectivity index (χ3v) is 3.10. The van der Waals surface area contributed by atoms with Crippen LogP contribution in [0.5, 0.6) is 0 Å². The lowest BCUT2D eigenvalue weighted by Crippen LogP contribution is -2.19. The van der Waals surface area contributed by atoms with Crippen molar-refractivity contribution in [3.63, 3.8) is 0 Å². The molecule has 0 aliphatic heterocycles. The molecule has 0 amide bonds. The molecule has 2 aromatic rings. The number of fused-ring (bicyclic) bond motifs is 1. The van der Waals surface area contributed by atoms with Crippen molar-refractivity contribution in [3.05, 3.63) is 22.7 Å². The van der Waals surface area contributed by atoms with Crippen molar-refractivity contribution in [1.82, 2.24) is 9.99 Å². The lowest BCUT2D eigenvalue weighted by Gasteiger charge is -2.08. The molecule has 0 saturated carbocycles. The second-order valence-electron chi connectivity index (χ2n) is 3.14. The molecule has 0 aliphatic carbocycles. The van der Waals surface area contributed by atoms with Crippen molar-refractivity contribution in [2.75, 3.05) is 19.5 Å². The van der Waals surface area contributed by atoms with Crippen LogP contribution in [0.3, 0.4) is 0 Å². The highest BCUT2D eigenvalue weighted by molar-refractivity contribution is 9.10. The van der Waals surface area contributed by atoms with E-state index in [0.717, 1.165) is 15.1 Å². The van der Waals surface area contributed by atoms with Crippen molar-refractivity contribution < 1.29 is 0 Å². The zero-order valence-electron chi connectivity index (χ0n) is 7.91. The molecular formula is C9H10BrN3S. The molecule has 0 radical (unpaired) electrons. The second-order valence-corrected chi connectivity index (χ2v) is 5.08. The maximum atomic E-state index is 4.45. The minimum Gasteiger partial charge on any atom is -0.295 e. The summed E-state index contributed by atoms with van der Waals surface area (Å²) in [6.45, 7) is 0. The topological polar surface area (TPSA) is 28.2 Å². The van der Waals surface area contributed by atoms with Gasteiger partial charge in [-0.1, -0.05) is 27.3 Å². The number of anilines is 1. The SMILES string of the molecule is CN(C)Nc1nc2cc(Br)ccc2s1. The first-order chi connectivity index (χ1) is 6.65. The van der Waals surface area contributed by atoms with Gasteiger partial charge in [-0.2, -0.15) is 0 Å². The molecule has 0 fully saturated rings. The minimum absolute atomic E-state index is 0.920. The summed E-state index contributed by atoms with van der Waals surface area (Å²) >= 11 is 5.08. The number of hydrogen-bond donors (Lipinski definition) is 1. The number of thiazole rings is 1. The van der Waals surface area contributed by atoms with E-state index in [-0.39, 0.29) is 0 Å². The number of hydrogen-bond acceptors (Lipinski definition) is 4. The van der Waals surface area contributed by atoms with Crippen LogP contribution in [0.1, 0.15) is 0 Å². The summed E-state index contributed by atoms with van der Waals surface area (Å²) in [6, 6.07) is 6.12. The van der Waals surface area contributed by atoms with E-state index >= 15 is 0 Å². The first kappa shape index (κ1) is 9.89. The second kappa shape index (κ2) is 3.84. The van der Waals surface area contributed by atoms with Crippen molar-refractivity contribution in [2.45, 2.75) is 0 Å². The van der Waals surface area contributed by atoms with Gasteiger partial charge in [0, 0.05) is 18.6 Å². The summed E-state index contributed by atoms with van der Waals surface area (Å²) in [5.41, 5.74) is 4.16. The number of benzene rings is 1. The maximum Gasteiger partial charge on any atom is 0.198 e. The van der Waals surface area contributed by atoms with E-state index in [9.17, 15) is 0 Å². The minimum atomic E-state index is 0.920. The quantitative estimate of drug-likeness (QED) is 0.852. The van der Waals surface area contributed by atoms with E-state index < -0.39 is 0 Å². The fourth-order valence-corrected chi connectivity index (χ4v) is 2.41. The highest BCUT2D eigenvalue weighted by Gasteiger charge is 2.03. The molecule has 1 aromatic carbocycles. The van der Waals surface area contributed by atoms with Crippen LogP contribution < -0.4 is 5.43 Å². The number of hydrazine groups is 1. The first-order valence-electron chi connectivity index (χ1n) is 4.15. The Morgan fingerprint density at radius 2 is 2.21 bits per heavy atom. The Labute approximate surface area is 94.9 Å². The van der Waals surface area contributed by atoms with Gasteiger partial charge in [0.05, 0.1) is 10.2 Å².